The van der Waals surface area contributed by atoms with Gasteiger partial charge in [-0.1, -0.05) is 24.3 Å². The molecule has 0 aliphatic heterocycles. The number of hydrogen-bond acceptors (Lipinski definition) is 5. The van der Waals surface area contributed by atoms with E-state index in [0.717, 1.165) is 17.0 Å². The minimum absolute atomic E-state index is 0.173. The fourth-order valence-electron chi connectivity index (χ4n) is 3.36. The predicted molar refractivity (Wildman–Crippen MR) is 126 cm³/mol. The standard InChI is InChI=1S/C26H23FN4O2/c1-17(19-5-4-8-23(14-19)33-2)30-26(32)18-9-11-22(12-10-18)31-25-15-24(28-16-29-25)20-6-3-7-21(27)13-20/h3-17H,1-2H3,(H,30,32)(H,28,29,31). The molecule has 0 fully saturated rings. The Morgan fingerprint density at radius 3 is 2.52 bits per heavy atom. The molecular formula is C26H23FN4O2. The lowest BCUT2D eigenvalue weighted by molar-refractivity contribution is 0.0940. The van der Waals surface area contributed by atoms with Crippen LogP contribution in [0.15, 0.2) is 85.2 Å². The molecular weight excluding hydrogens is 419 g/mol. The van der Waals surface area contributed by atoms with Gasteiger partial charge < -0.3 is 15.4 Å². The van der Waals surface area contributed by atoms with E-state index in [1.54, 1.807) is 49.6 Å². The van der Waals surface area contributed by atoms with E-state index in [2.05, 4.69) is 20.6 Å². The highest BCUT2D eigenvalue weighted by Gasteiger charge is 2.12. The number of ether oxygens (including phenoxy) is 1. The molecule has 1 heterocycles. The van der Waals surface area contributed by atoms with Gasteiger partial charge in [0, 0.05) is 22.9 Å². The Hall–Kier alpha value is -4.26. The van der Waals surface area contributed by atoms with Crippen molar-refractivity contribution in [1.82, 2.24) is 15.3 Å². The first-order valence-corrected chi connectivity index (χ1v) is 10.4. The molecule has 2 N–H and O–H groups in total. The zero-order valence-electron chi connectivity index (χ0n) is 18.2. The summed E-state index contributed by atoms with van der Waals surface area (Å²) in [7, 11) is 1.61. The van der Waals surface area contributed by atoms with E-state index in [1.165, 1.54) is 18.5 Å². The molecule has 7 heteroatoms. The largest absolute Gasteiger partial charge is 0.497 e. The number of halogens is 1. The van der Waals surface area contributed by atoms with Crippen LogP contribution in [-0.2, 0) is 0 Å². The maximum Gasteiger partial charge on any atom is 0.251 e. The van der Waals surface area contributed by atoms with Gasteiger partial charge in [-0.25, -0.2) is 14.4 Å². The molecule has 1 unspecified atom stereocenters. The van der Waals surface area contributed by atoms with Crippen LogP contribution in [0.3, 0.4) is 0 Å². The van der Waals surface area contributed by atoms with Crippen LogP contribution < -0.4 is 15.4 Å². The topological polar surface area (TPSA) is 76.1 Å². The van der Waals surface area contributed by atoms with Crippen LogP contribution in [0.1, 0.15) is 28.9 Å². The second-order valence-corrected chi connectivity index (χ2v) is 7.47. The summed E-state index contributed by atoms with van der Waals surface area (Å²) in [5, 5.41) is 6.18. The summed E-state index contributed by atoms with van der Waals surface area (Å²) in [4.78, 5) is 21.1. The number of aromatic nitrogens is 2. The summed E-state index contributed by atoms with van der Waals surface area (Å²) < 4.78 is 18.8. The summed E-state index contributed by atoms with van der Waals surface area (Å²) in [6.07, 6.45) is 1.42. The highest BCUT2D eigenvalue weighted by Crippen LogP contribution is 2.23. The molecule has 1 atom stereocenters. The number of nitrogens with zero attached hydrogens (tertiary/aromatic N) is 2. The molecule has 0 bridgehead atoms. The normalized spacial score (nSPS) is 11.5. The summed E-state index contributed by atoms with van der Waals surface area (Å²) in [5.41, 5.74) is 3.53. The molecule has 4 rings (SSSR count). The second kappa shape index (κ2) is 9.91. The van der Waals surface area contributed by atoms with Crippen molar-refractivity contribution in [2.45, 2.75) is 13.0 Å². The fourth-order valence-corrected chi connectivity index (χ4v) is 3.36. The van der Waals surface area contributed by atoms with E-state index in [9.17, 15) is 9.18 Å². The van der Waals surface area contributed by atoms with Crippen molar-refractivity contribution in [3.8, 4) is 17.0 Å². The van der Waals surface area contributed by atoms with Crippen LogP contribution in [0.2, 0.25) is 0 Å². The van der Waals surface area contributed by atoms with Crippen molar-refractivity contribution in [2.24, 2.45) is 0 Å². The summed E-state index contributed by atoms with van der Waals surface area (Å²) in [5.74, 6) is 0.810. The number of hydrogen-bond donors (Lipinski definition) is 2. The molecule has 1 amide bonds. The predicted octanol–water partition coefficient (Wildman–Crippen LogP) is 5.53. The van der Waals surface area contributed by atoms with Crippen molar-refractivity contribution >= 4 is 17.4 Å². The molecule has 0 radical (unpaired) electrons. The molecule has 0 aliphatic rings. The minimum atomic E-state index is -0.324. The van der Waals surface area contributed by atoms with E-state index in [-0.39, 0.29) is 17.8 Å². The van der Waals surface area contributed by atoms with Crippen LogP contribution in [0, 0.1) is 5.82 Å². The third-order valence-electron chi connectivity index (χ3n) is 5.15. The van der Waals surface area contributed by atoms with Crippen molar-refractivity contribution in [3.05, 3.63) is 102 Å². The Labute approximate surface area is 191 Å². The summed E-state index contributed by atoms with van der Waals surface area (Å²) >= 11 is 0. The van der Waals surface area contributed by atoms with Gasteiger partial charge in [-0.15, -0.1) is 0 Å². The van der Waals surface area contributed by atoms with Crippen LogP contribution in [0.4, 0.5) is 15.9 Å². The van der Waals surface area contributed by atoms with E-state index in [4.69, 9.17) is 4.74 Å². The molecule has 33 heavy (non-hydrogen) atoms. The van der Waals surface area contributed by atoms with Gasteiger partial charge in [0.2, 0.25) is 0 Å². The van der Waals surface area contributed by atoms with Gasteiger partial charge >= 0.3 is 0 Å². The third kappa shape index (κ3) is 5.51. The third-order valence-corrected chi connectivity index (χ3v) is 5.15. The van der Waals surface area contributed by atoms with Gasteiger partial charge in [0.25, 0.3) is 5.91 Å². The van der Waals surface area contributed by atoms with Gasteiger partial charge in [0.15, 0.2) is 0 Å². The quantitative estimate of drug-likeness (QED) is 0.394. The molecule has 3 aromatic carbocycles. The van der Waals surface area contributed by atoms with Crippen LogP contribution in [0.5, 0.6) is 5.75 Å². The average Bonchev–Trinajstić information content (AvgIpc) is 2.84. The Kier molecular flexibility index (Phi) is 6.59. The minimum Gasteiger partial charge on any atom is -0.497 e. The van der Waals surface area contributed by atoms with Gasteiger partial charge in [0.1, 0.15) is 23.7 Å². The highest BCUT2D eigenvalue weighted by molar-refractivity contribution is 5.94. The molecule has 4 aromatic rings. The second-order valence-electron chi connectivity index (χ2n) is 7.47. The molecule has 0 aliphatic carbocycles. The highest BCUT2D eigenvalue weighted by atomic mass is 19.1. The number of amides is 1. The molecule has 1 aromatic heterocycles. The smallest absolute Gasteiger partial charge is 0.251 e. The maximum absolute atomic E-state index is 13.5. The first-order chi connectivity index (χ1) is 16.0. The maximum atomic E-state index is 13.5. The van der Waals surface area contributed by atoms with E-state index in [1.807, 2.05) is 31.2 Å². The van der Waals surface area contributed by atoms with E-state index < -0.39 is 0 Å². The summed E-state index contributed by atoms with van der Waals surface area (Å²) in [6, 6.07) is 22.5. The van der Waals surface area contributed by atoms with Gasteiger partial charge in [0.05, 0.1) is 18.8 Å². The van der Waals surface area contributed by atoms with Gasteiger partial charge in [-0.05, 0) is 61.0 Å². The lowest BCUT2D eigenvalue weighted by Crippen LogP contribution is -2.26. The van der Waals surface area contributed by atoms with Crippen molar-refractivity contribution < 1.29 is 13.9 Å². The Morgan fingerprint density at radius 2 is 1.76 bits per heavy atom. The Bertz CT molecular complexity index is 1260. The van der Waals surface area contributed by atoms with E-state index >= 15 is 0 Å². The molecule has 166 valence electrons. The molecule has 0 saturated heterocycles. The lowest BCUT2D eigenvalue weighted by Gasteiger charge is -2.15. The Balaban J connectivity index is 1.42. The van der Waals surface area contributed by atoms with Crippen molar-refractivity contribution in [2.75, 3.05) is 12.4 Å². The SMILES string of the molecule is COc1cccc(C(C)NC(=O)c2ccc(Nc3cc(-c4cccc(F)c4)ncn3)cc2)c1. The molecule has 0 spiro atoms. The Morgan fingerprint density at radius 1 is 0.970 bits per heavy atom. The van der Waals surface area contributed by atoms with Crippen LogP contribution in [0.25, 0.3) is 11.3 Å². The van der Waals surface area contributed by atoms with E-state index in [0.29, 0.717) is 22.6 Å². The number of nitrogens with one attached hydrogen (secondary N) is 2. The van der Waals surface area contributed by atoms with Crippen molar-refractivity contribution in [1.29, 1.82) is 0 Å². The average molecular weight is 442 g/mol. The number of methoxy groups -OCH3 is 1. The zero-order chi connectivity index (χ0) is 23.2. The number of carbonyl (C=O) groups excluding carboxylic acids is 1. The van der Waals surface area contributed by atoms with Gasteiger partial charge in [-0.2, -0.15) is 0 Å². The zero-order valence-corrected chi connectivity index (χ0v) is 18.2. The number of rotatable bonds is 7. The first-order valence-electron chi connectivity index (χ1n) is 10.4. The first kappa shape index (κ1) is 22.0. The number of carbonyl (C=O) groups is 1. The lowest BCUT2D eigenvalue weighted by atomic mass is 10.1. The summed E-state index contributed by atoms with van der Waals surface area (Å²) in [6.45, 7) is 1.92. The number of anilines is 2. The monoisotopic (exact) mass is 442 g/mol. The van der Waals surface area contributed by atoms with Crippen LogP contribution >= 0.6 is 0 Å². The van der Waals surface area contributed by atoms with Crippen LogP contribution in [-0.4, -0.2) is 23.0 Å². The fraction of sp³-hybridized carbons (Fsp3) is 0.115. The van der Waals surface area contributed by atoms with Gasteiger partial charge in [-0.3, -0.25) is 4.79 Å². The van der Waals surface area contributed by atoms with Crippen molar-refractivity contribution in [3.63, 3.8) is 0 Å². The molecule has 0 saturated carbocycles. The molecule has 6 nitrogen and oxygen atoms in total. The number of benzene rings is 3.